The molecule has 0 saturated heterocycles. The number of carbonyl (C=O) groups is 1. The Hall–Kier alpha value is -2.81. The molecule has 3 rings (SSSR count). The van der Waals surface area contributed by atoms with Crippen molar-refractivity contribution in [1.82, 2.24) is 0 Å². The van der Waals surface area contributed by atoms with Crippen LogP contribution in [0.5, 0.6) is 11.5 Å². The summed E-state index contributed by atoms with van der Waals surface area (Å²) in [5.74, 6) is 1.69. The molecule has 3 nitrogen and oxygen atoms in total. The number of ketones is 1. The first-order valence-corrected chi connectivity index (χ1v) is 7.97. The van der Waals surface area contributed by atoms with Crippen LogP contribution < -0.4 is 9.47 Å². The van der Waals surface area contributed by atoms with Crippen LogP contribution in [-0.2, 0) is 6.42 Å². The number of aryl methyl sites for hydroxylation is 1. The fourth-order valence-electron chi connectivity index (χ4n) is 2.84. The van der Waals surface area contributed by atoms with Crippen LogP contribution in [-0.4, -0.2) is 19.5 Å². The van der Waals surface area contributed by atoms with Gasteiger partial charge in [-0.2, -0.15) is 0 Å². The summed E-state index contributed by atoms with van der Waals surface area (Å²) in [5.41, 5.74) is 3.68. The highest BCUT2D eigenvalue weighted by Crippen LogP contribution is 2.29. The van der Waals surface area contributed by atoms with Crippen molar-refractivity contribution in [3.8, 4) is 11.5 Å². The summed E-state index contributed by atoms with van der Waals surface area (Å²) in [4.78, 5) is 12.7. The average Bonchev–Trinajstić information content (AvgIpc) is 2.63. The Balaban J connectivity index is 1.81. The normalized spacial score (nSPS) is 15.0. The smallest absolute Gasteiger partial charge is 0.189 e. The van der Waals surface area contributed by atoms with Gasteiger partial charge in [-0.3, -0.25) is 4.79 Å². The topological polar surface area (TPSA) is 35.5 Å². The average molecular weight is 320 g/mol. The third kappa shape index (κ3) is 3.40. The number of allylic oxidation sites excluding steroid dienone is 1. The van der Waals surface area contributed by atoms with Crippen LogP contribution in [0.25, 0.3) is 6.08 Å². The summed E-state index contributed by atoms with van der Waals surface area (Å²) in [6.07, 6.45) is 5.27. The van der Waals surface area contributed by atoms with Crippen LogP contribution >= 0.6 is 0 Å². The van der Waals surface area contributed by atoms with Gasteiger partial charge in [0.1, 0.15) is 18.1 Å². The lowest BCUT2D eigenvalue weighted by atomic mass is 9.86. The molecular formula is C21H20O3. The van der Waals surface area contributed by atoms with Crippen molar-refractivity contribution in [2.75, 3.05) is 13.7 Å². The molecule has 0 aromatic heterocycles. The zero-order valence-corrected chi connectivity index (χ0v) is 13.7. The first kappa shape index (κ1) is 16.1. The number of fused-ring (bicyclic) bond motifs is 1. The van der Waals surface area contributed by atoms with Crippen molar-refractivity contribution in [3.63, 3.8) is 0 Å². The van der Waals surface area contributed by atoms with Gasteiger partial charge in [0.15, 0.2) is 5.78 Å². The first-order chi connectivity index (χ1) is 11.7. The lowest BCUT2D eigenvalue weighted by molar-refractivity contribution is 0.102. The lowest BCUT2D eigenvalue weighted by Gasteiger charge is -2.18. The van der Waals surface area contributed by atoms with Gasteiger partial charge in [-0.1, -0.05) is 24.8 Å². The Morgan fingerprint density at radius 1 is 1.08 bits per heavy atom. The highest BCUT2D eigenvalue weighted by atomic mass is 16.5. The highest BCUT2D eigenvalue weighted by molar-refractivity contribution is 6.13. The van der Waals surface area contributed by atoms with E-state index in [1.165, 1.54) is 0 Å². The molecular weight excluding hydrogens is 300 g/mol. The summed E-state index contributed by atoms with van der Waals surface area (Å²) in [6, 6.07) is 13.4. The summed E-state index contributed by atoms with van der Waals surface area (Å²) in [6.45, 7) is 4.11. The number of hydrogen-bond donors (Lipinski definition) is 0. The van der Waals surface area contributed by atoms with Gasteiger partial charge in [-0.25, -0.2) is 0 Å². The van der Waals surface area contributed by atoms with Crippen LogP contribution in [0.4, 0.5) is 0 Å². The molecule has 0 spiro atoms. The van der Waals surface area contributed by atoms with Crippen LogP contribution in [0.2, 0.25) is 0 Å². The summed E-state index contributed by atoms with van der Waals surface area (Å²) in [5, 5.41) is 0. The van der Waals surface area contributed by atoms with Crippen LogP contribution in [0.1, 0.15) is 27.9 Å². The highest BCUT2D eigenvalue weighted by Gasteiger charge is 2.22. The number of hydrogen-bond acceptors (Lipinski definition) is 3. The number of methoxy groups -OCH3 is 1. The molecule has 0 unspecified atom stereocenters. The quantitative estimate of drug-likeness (QED) is 0.602. The van der Waals surface area contributed by atoms with Crippen LogP contribution in [0, 0.1) is 0 Å². The lowest BCUT2D eigenvalue weighted by Crippen LogP contribution is -2.14. The largest absolute Gasteiger partial charge is 0.497 e. The minimum Gasteiger partial charge on any atom is -0.497 e. The Bertz CT molecular complexity index is 785. The predicted octanol–water partition coefficient (Wildman–Crippen LogP) is 4.47. The van der Waals surface area contributed by atoms with Gasteiger partial charge < -0.3 is 9.47 Å². The maximum Gasteiger partial charge on any atom is 0.189 e. The van der Waals surface area contributed by atoms with Gasteiger partial charge in [0.05, 0.1) is 7.11 Å². The molecule has 0 amide bonds. The van der Waals surface area contributed by atoms with Crippen LogP contribution in [0.3, 0.4) is 0 Å². The van der Waals surface area contributed by atoms with E-state index in [9.17, 15) is 4.79 Å². The molecule has 1 aliphatic rings. The fourth-order valence-corrected chi connectivity index (χ4v) is 2.84. The van der Waals surface area contributed by atoms with Gasteiger partial charge in [0.2, 0.25) is 0 Å². The van der Waals surface area contributed by atoms with Crippen molar-refractivity contribution in [1.29, 1.82) is 0 Å². The SMILES string of the molecule is C=CCOc1ccc(C=C2CCc3cc(OC)ccc3C2=O)cc1. The van der Waals surface area contributed by atoms with Crippen molar-refractivity contribution in [2.24, 2.45) is 0 Å². The molecule has 2 aromatic rings. The second kappa shape index (κ2) is 7.18. The molecule has 0 radical (unpaired) electrons. The minimum absolute atomic E-state index is 0.103. The second-order valence-electron chi connectivity index (χ2n) is 5.69. The molecule has 122 valence electrons. The predicted molar refractivity (Wildman–Crippen MR) is 95.8 cm³/mol. The van der Waals surface area contributed by atoms with E-state index in [0.717, 1.165) is 46.6 Å². The van der Waals surface area contributed by atoms with E-state index >= 15 is 0 Å². The van der Waals surface area contributed by atoms with E-state index in [-0.39, 0.29) is 5.78 Å². The third-order valence-electron chi connectivity index (χ3n) is 4.10. The maximum absolute atomic E-state index is 12.7. The molecule has 0 heterocycles. The maximum atomic E-state index is 12.7. The first-order valence-electron chi connectivity index (χ1n) is 7.97. The van der Waals surface area contributed by atoms with Crippen LogP contribution in [0.15, 0.2) is 60.7 Å². The van der Waals surface area contributed by atoms with Gasteiger partial charge in [0, 0.05) is 11.1 Å². The molecule has 0 aliphatic heterocycles. The Morgan fingerprint density at radius 3 is 2.54 bits per heavy atom. The van der Waals surface area contributed by atoms with E-state index in [4.69, 9.17) is 9.47 Å². The molecule has 24 heavy (non-hydrogen) atoms. The Labute approximate surface area is 142 Å². The number of Topliss-reactive ketones (excluding diaryl/α,β-unsaturated/α-hetero) is 1. The monoisotopic (exact) mass is 320 g/mol. The Kier molecular flexibility index (Phi) is 4.80. The van der Waals surface area contributed by atoms with Crippen molar-refractivity contribution >= 4 is 11.9 Å². The van der Waals surface area contributed by atoms with Gasteiger partial charge in [-0.05, 0) is 60.4 Å². The number of carbonyl (C=O) groups excluding carboxylic acids is 1. The molecule has 3 heteroatoms. The molecule has 1 aliphatic carbocycles. The minimum atomic E-state index is 0.103. The second-order valence-corrected chi connectivity index (χ2v) is 5.69. The Morgan fingerprint density at radius 2 is 1.83 bits per heavy atom. The summed E-state index contributed by atoms with van der Waals surface area (Å²) < 4.78 is 10.7. The zero-order valence-electron chi connectivity index (χ0n) is 13.7. The fraction of sp³-hybridized carbons (Fsp3) is 0.190. The number of benzene rings is 2. The molecule has 0 N–H and O–H groups in total. The molecule has 0 atom stereocenters. The zero-order chi connectivity index (χ0) is 16.9. The molecule has 0 bridgehead atoms. The van der Waals surface area contributed by atoms with Crippen molar-refractivity contribution in [3.05, 3.63) is 77.4 Å². The number of rotatable bonds is 5. The van der Waals surface area contributed by atoms with E-state index in [1.807, 2.05) is 48.5 Å². The van der Waals surface area contributed by atoms with Gasteiger partial charge in [0.25, 0.3) is 0 Å². The van der Waals surface area contributed by atoms with Gasteiger partial charge in [-0.15, -0.1) is 0 Å². The van der Waals surface area contributed by atoms with Gasteiger partial charge >= 0.3 is 0 Å². The molecule has 2 aromatic carbocycles. The summed E-state index contributed by atoms with van der Waals surface area (Å²) in [7, 11) is 1.64. The molecule has 0 fully saturated rings. The van der Waals surface area contributed by atoms with E-state index < -0.39 is 0 Å². The number of ether oxygens (including phenoxy) is 2. The summed E-state index contributed by atoms with van der Waals surface area (Å²) >= 11 is 0. The molecule has 0 saturated carbocycles. The van der Waals surface area contributed by atoms with E-state index in [2.05, 4.69) is 6.58 Å². The van der Waals surface area contributed by atoms with Crippen molar-refractivity contribution in [2.45, 2.75) is 12.8 Å². The van der Waals surface area contributed by atoms with E-state index in [1.54, 1.807) is 13.2 Å². The van der Waals surface area contributed by atoms with Crippen molar-refractivity contribution < 1.29 is 14.3 Å². The third-order valence-corrected chi connectivity index (χ3v) is 4.10. The standard InChI is InChI=1S/C21H20O3/c1-3-12-24-18-8-4-15(5-9-18)13-17-7-6-16-14-19(23-2)10-11-20(16)21(17)22/h3-5,8-11,13-14H,1,6-7,12H2,2H3. The van der Waals surface area contributed by atoms with E-state index in [0.29, 0.717) is 6.61 Å².